The number of hydrogen-bond donors (Lipinski definition) is 0. The van der Waals surface area contributed by atoms with E-state index in [1.807, 2.05) is 0 Å². The van der Waals surface area contributed by atoms with Gasteiger partial charge in [0.25, 0.3) is 0 Å². The van der Waals surface area contributed by atoms with E-state index in [0.717, 1.165) is 18.7 Å². The van der Waals surface area contributed by atoms with Crippen LogP contribution in [0.25, 0.3) is 0 Å². The molecule has 0 aliphatic heterocycles. The molecule has 0 radical (unpaired) electrons. The molecule has 4 heteroatoms. The molecule has 1 nitrogen and oxygen atoms in total. The van der Waals surface area contributed by atoms with E-state index in [1.165, 1.54) is 12.6 Å². The van der Waals surface area contributed by atoms with E-state index >= 15 is 0 Å². The minimum absolute atomic E-state index is 0.809. The summed E-state index contributed by atoms with van der Waals surface area (Å²) >= 11 is 0. The zero-order chi connectivity index (χ0) is 14.7. The van der Waals surface area contributed by atoms with Gasteiger partial charge >= 0.3 is 0 Å². The van der Waals surface area contributed by atoms with Crippen LogP contribution in [0.3, 0.4) is 0 Å². The smallest absolute Gasteiger partial charge is 0.209 e. The third-order valence-corrected chi connectivity index (χ3v) is 10.9. The number of hydrogen-bond acceptors (Lipinski definition) is 1. The van der Waals surface area contributed by atoms with E-state index < -0.39 is 16.5 Å². The summed E-state index contributed by atoms with van der Waals surface area (Å²) in [4.78, 5) is 0. The first-order valence-corrected chi connectivity index (χ1v) is 14.5. The van der Waals surface area contributed by atoms with Crippen LogP contribution in [0.15, 0.2) is 0 Å². The summed E-state index contributed by atoms with van der Waals surface area (Å²) in [5.74, 6) is 1.62. The van der Waals surface area contributed by atoms with Crippen molar-refractivity contribution in [2.24, 2.45) is 11.8 Å². The van der Waals surface area contributed by atoms with Crippen LogP contribution in [0.4, 0.5) is 0 Å². The fraction of sp³-hybridized carbons (Fsp3) is 1.00. The second-order valence-electron chi connectivity index (χ2n) is 8.62. The van der Waals surface area contributed by atoms with Gasteiger partial charge in [0.15, 0.2) is 0 Å². The molecule has 0 rings (SSSR count). The molecule has 0 aromatic carbocycles. The van der Waals surface area contributed by atoms with Crippen molar-refractivity contribution >= 4 is 23.3 Å². The summed E-state index contributed by atoms with van der Waals surface area (Å²) < 4.78 is 3.01. The normalized spacial score (nSPS) is 13.8. The third kappa shape index (κ3) is 6.57. The van der Waals surface area contributed by atoms with Crippen molar-refractivity contribution in [2.45, 2.75) is 79.6 Å². The van der Waals surface area contributed by atoms with E-state index in [1.54, 1.807) is 0 Å². The van der Waals surface area contributed by atoms with Crippen molar-refractivity contribution in [3.63, 3.8) is 0 Å². The van der Waals surface area contributed by atoms with Crippen LogP contribution < -0.4 is 0 Å². The first-order chi connectivity index (χ1) is 7.85. The Kier molecular flexibility index (Phi) is 6.93. The third-order valence-electron chi connectivity index (χ3n) is 3.30. The molecule has 0 aromatic heterocycles. The average molecular weight is 285 g/mol. The molecule has 0 heterocycles. The van der Waals surface area contributed by atoms with Crippen LogP contribution in [0.5, 0.6) is 0 Å². The molecule has 0 atom stereocenters. The second-order valence-corrected chi connectivity index (χ2v) is 18.7. The average Bonchev–Trinajstić information content (AvgIpc) is 1.93. The Morgan fingerprint density at radius 3 is 1.17 bits per heavy atom. The van der Waals surface area contributed by atoms with Gasteiger partial charge in [-0.25, -0.2) is 0 Å². The Hall–Kier alpha value is 0.459. The zero-order valence-corrected chi connectivity index (χ0v) is 16.6. The SMILES string of the molecule is CC(C)CB(CC(C)C)N([Si](C)(C)C)[Si](C)(C)C. The van der Waals surface area contributed by atoms with E-state index in [-0.39, 0.29) is 0 Å². The van der Waals surface area contributed by atoms with E-state index in [2.05, 4.69) is 71.1 Å². The van der Waals surface area contributed by atoms with Crippen LogP contribution >= 0.6 is 0 Å². The van der Waals surface area contributed by atoms with Crippen molar-refractivity contribution in [3.05, 3.63) is 0 Å². The molecule has 0 spiro atoms. The summed E-state index contributed by atoms with van der Waals surface area (Å²) in [5, 5.41) is 0. The van der Waals surface area contributed by atoms with Gasteiger partial charge in [-0.3, -0.25) is 0 Å². The highest BCUT2D eigenvalue weighted by molar-refractivity contribution is 6.99. The second kappa shape index (κ2) is 6.76. The number of rotatable bonds is 7. The fourth-order valence-corrected chi connectivity index (χ4v) is 14.2. The van der Waals surface area contributed by atoms with Gasteiger partial charge in [0.05, 0.1) is 0 Å². The van der Waals surface area contributed by atoms with Crippen molar-refractivity contribution in [1.82, 2.24) is 4.14 Å². The number of nitrogens with zero attached hydrogens (tertiary/aromatic N) is 1. The van der Waals surface area contributed by atoms with Crippen LogP contribution in [-0.4, -0.2) is 27.5 Å². The van der Waals surface area contributed by atoms with Crippen molar-refractivity contribution in [2.75, 3.05) is 0 Å². The maximum atomic E-state index is 3.01. The Bertz CT molecular complexity index is 217. The zero-order valence-electron chi connectivity index (χ0n) is 14.6. The minimum atomic E-state index is -1.22. The lowest BCUT2D eigenvalue weighted by Gasteiger charge is -2.49. The molecule has 108 valence electrons. The molecule has 0 saturated carbocycles. The van der Waals surface area contributed by atoms with Gasteiger partial charge in [0.2, 0.25) is 6.85 Å². The lowest BCUT2D eigenvalue weighted by atomic mass is 9.53. The molecule has 0 saturated heterocycles. The monoisotopic (exact) mass is 285 g/mol. The summed E-state index contributed by atoms with van der Waals surface area (Å²) in [6.45, 7) is 25.5. The van der Waals surface area contributed by atoms with Gasteiger partial charge in [-0.05, 0) is 0 Å². The van der Waals surface area contributed by atoms with E-state index in [9.17, 15) is 0 Å². The standard InChI is InChI=1S/C14H36BNSi2/c1-13(2)11-15(12-14(3)4)16(17(5,6)7)18(8,9)10/h13-14H,11-12H2,1-10H3. The van der Waals surface area contributed by atoms with Gasteiger partial charge < -0.3 is 4.14 Å². The molecule has 0 aromatic rings. The first kappa shape index (κ1) is 18.5. The van der Waals surface area contributed by atoms with Crippen LogP contribution in [-0.2, 0) is 0 Å². The highest BCUT2D eigenvalue weighted by Crippen LogP contribution is 2.28. The maximum absolute atomic E-state index is 3.01. The molecule has 0 N–H and O–H groups in total. The lowest BCUT2D eigenvalue weighted by molar-refractivity contribution is 0.663. The van der Waals surface area contributed by atoms with Gasteiger partial charge in [-0.2, -0.15) is 0 Å². The lowest BCUT2D eigenvalue weighted by Crippen LogP contribution is -2.65. The van der Waals surface area contributed by atoms with Crippen molar-refractivity contribution < 1.29 is 0 Å². The van der Waals surface area contributed by atoms with Gasteiger partial charge in [-0.15, -0.1) is 0 Å². The molecular formula is C14H36BNSi2. The topological polar surface area (TPSA) is 3.24 Å². The van der Waals surface area contributed by atoms with Gasteiger partial charge in [-0.1, -0.05) is 91.5 Å². The molecule has 0 bridgehead atoms. The summed E-state index contributed by atoms with van der Waals surface area (Å²) in [5.41, 5.74) is 0. The Labute approximate surface area is 119 Å². The highest BCUT2D eigenvalue weighted by Gasteiger charge is 2.40. The van der Waals surface area contributed by atoms with Crippen molar-refractivity contribution in [1.29, 1.82) is 0 Å². The summed E-state index contributed by atoms with van der Waals surface area (Å²) in [6, 6.07) is 0. The first-order valence-electron chi connectivity index (χ1n) is 7.65. The van der Waals surface area contributed by atoms with E-state index in [4.69, 9.17) is 0 Å². The predicted molar refractivity (Wildman–Crippen MR) is 93.6 cm³/mol. The summed E-state index contributed by atoms with van der Waals surface area (Å²) in [7, 11) is -2.45. The van der Waals surface area contributed by atoms with Crippen molar-refractivity contribution in [3.8, 4) is 0 Å². The van der Waals surface area contributed by atoms with Crippen LogP contribution in [0.1, 0.15) is 27.7 Å². The summed E-state index contributed by atoms with van der Waals surface area (Å²) in [6.07, 6.45) is 2.74. The molecule has 0 amide bonds. The molecule has 0 aliphatic rings. The minimum Gasteiger partial charge on any atom is -0.388 e. The highest BCUT2D eigenvalue weighted by atomic mass is 28.4. The largest absolute Gasteiger partial charge is 0.388 e. The predicted octanol–water partition coefficient (Wildman–Crippen LogP) is 5.26. The van der Waals surface area contributed by atoms with Gasteiger partial charge in [0, 0.05) is 0 Å². The Morgan fingerprint density at radius 1 is 0.722 bits per heavy atom. The molecule has 0 fully saturated rings. The van der Waals surface area contributed by atoms with Crippen LogP contribution in [0.2, 0.25) is 51.9 Å². The maximum Gasteiger partial charge on any atom is 0.209 e. The Balaban J connectivity index is 5.21. The molecular weight excluding hydrogens is 249 g/mol. The molecule has 18 heavy (non-hydrogen) atoms. The van der Waals surface area contributed by atoms with Crippen LogP contribution in [0, 0.1) is 11.8 Å². The van der Waals surface area contributed by atoms with Gasteiger partial charge in [0.1, 0.15) is 16.5 Å². The van der Waals surface area contributed by atoms with E-state index in [0.29, 0.717) is 0 Å². The molecule has 0 aliphatic carbocycles. The fourth-order valence-electron chi connectivity index (χ4n) is 3.50. The quantitative estimate of drug-likeness (QED) is 0.577. The molecule has 0 unspecified atom stereocenters. The Morgan fingerprint density at radius 2 is 1.00 bits per heavy atom.